The van der Waals surface area contributed by atoms with Crippen LogP contribution in [0.15, 0.2) is 30.3 Å². The maximum Gasteiger partial charge on any atom is 0.0836 e. The lowest BCUT2D eigenvalue weighted by molar-refractivity contribution is 0.188. The molecule has 1 unspecified atom stereocenters. The fourth-order valence-electron chi connectivity index (χ4n) is 1.64. The minimum Gasteiger partial charge on any atom is -0.390 e. The van der Waals surface area contributed by atoms with Crippen molar-refractivity contribution < 1.29 is 5.11 Å². The summed E-state index contributed by atoms with van der Waals surface area (Å²) < 4.78 is 0. The summed E-state index contributed by atoms with van der Waals surface area (Å²) in [4.78, 5) is 2.20. The highest BCUT2D eigenvalue weighted by molar-refractivity contribution is 5.46. The van der Waals surface area contributed by atoms with E-state index in [2.05, 4.69) is 24.0 Å². The molecule has 0 saturated heterocycles. The first-order valence-electron chi connectivity index (χ1n) is 5.96. The van der Waals surface area contributed by atoms with Crippen molar-refractivity contribution in [2.75, 3.05) is 24.5 Å². The first-order valence-corrected chi connectivity index (χ1v) is 5.96. The smallest absolute Gasteiger partial charge is 0.0836 e. The highest BCUT2D eigenvalue weighted by atomic mass is 16.3. The summed E-state index contributed by atoms with van der Waals surface area (Å²) in [7, 11) is 0. The van der Waals surface area contributed by atoms with Gasteiger partial charge in [0.1, 0.15) is 0 Å². The number of rotatable bonds is 7. The van der Waals surface area contributed by atoms with Crippen LogP contribution in [-0.4, -0.2) is 30.8 Å². The molecule has 1 aromatic carbocycles. The molecule has 0 amide bonds. The number of aliphatic hydroxyl groups excluding tert-OH is 1. The predicted molar refractivity (Wildman–Crippen MR) is 68.6 cm³/mol. The van der Waals surface area contributed by atoms with Gasteiger partial charge in [0.15, 0.2) is 0 Å². The molecule has 3 nitrogen and oxygen atoms in total. The van der Waals surface area contributed by atoms with Gasteiger partial charge in [-0.05, 0) is 18.6 Å². The second-order valence-electron chi connectivity index (χ2n) is 4.02. The Kier molecular flexibility index (Phi) is 5.90. The number of anilines is 1. The summed E-state index contributed by atoms with van der Waals surface area (Å²) in [5, 5.41) is 9.62. The number of aliphatic hydroxyl groups is 1. The topological polar surface area (TPSA) is 49.5 Å². The second-order valence-corrected chi connectivity index (χ2v) is 4.02. The first-order chi connectivity index (χ1) is 7.77. The maximum absolute atomic E-state index is 9.62. The zero-order chi connectivity index (χ0) is 11.8. The van der Waals surface area contributed by atoms with E-state index in [9.17, 15) is 5.11 Å². The van der Waals surface area contributed by atoms with Gasteiger partial charge in [-0.25, -0.2) is 0 Å². The largest absolute Gasteiger partial charge is 0.390 e. The Morgan fingerprint density at radius 2 is 2.00 bits per heavy atom. The van der Waals surface area contributed by atoms with Crippen LogP contribution in [0.4, 0.5) is 5.69 Å². The molecular weight excluding hydrogens is 200 g/mol. The van der Waals surface area contributed by atoms with Crippen LogP contribution in [0.5, 0.6) is 0 Å². The molecule has 1 atom stereocenters. The third-order valence-electron chi connectivity index (χ3n) is 2.61. The Morgan fingerprint density at radius 3 is 2.56 bits per heavy atom. The van der Waals surface area contributed by atoms with Crippen molar-refractivity contribution >= 4 is 5.69 Å². The number of nitrogens with two attached hydrogens (primary N) is 1. The lowest BCUT2D eigenvalue weighted by atomic mass is 10.2. The van der Waals surface area contributed by atoms with E-state index >= 15 is 0 Å². The van der Waals surface area contributed by atoms with E-state index in [1.54, 1.807) is 0 Å². The normalized spacial score (nSPS) is 12.4. The van der Waals surface area contributed by atoms with Crippen molar-refractivity contribution in [2.45, 2.75) is 25.9 Å². The summed E-state index contributed by atoms with van der Waals surface area (Å²) in [5.41, 5.74) is 6.61. The monoisotopic (exact) mass is 222 g/mol. The van der Waals surface area contributed by atoms with Crippen molar-refractivity contribution in [1.82, 2.24) is 0 Å². The molecule has 0 heterocycles. The highest BCUT2D eigenvalue weighted by Gasteiger charge is 2.10. The van der Waals surface area contributed by atoms with Crippen molar-refractivity contribution in [3.63, 3.8) is 0 Å². The van der Waals surface area contributed by atoms with Crippen LogP contribution in [-0.2, 0) is 0 Å². The van der Waals surface area contributed by atoms with Crippen LogP contribution in [0.3, 0.4) is 0 Å². The van der Waals surface area contributed by atoms with Gasteiger partial charge in [-0.15, -0.1) is 0 Å². The van der Waals surface area contributed by atoms with Gasteiger partial charge < -0.3 is 15.7 Å². The molecule has 0 fully saturated rings. The highest BCUT2D eigenvalue weighted by Crippen LogP contribution is 2.14. The van der Waals surface area contributed by atoms with Crippen molar-refractivity contribution in [3.8, 4) is 0 Å². The molecule has 1 rings (SSSR count). The second kappa shape index (κ2) is 7.25. The zero-order valence-corrected chi connectivity index (χ0v) is 9.97. The SMILES string of the molecule is CCCCN(CC(O)CN)c1ccccc1. The number of para-hydroxylation sites is 1. The Bertz CT molecular complexity index is 277. The van der Waals surface area contributed by atoms with Crippen molar-refractivity contribution in [3.05, 3.63) is 30.3 Å². The average molecular weight is 222 g/mol. The third-order valence-corrected chi connectivity index (χ3v) is 2.61. The predicted octanol–water partition coefficient (Wildman–Crippen LogP) is 1.61. The number of unbranched alkanes of at least 4 members (excludes halogenated alkanes) is 1. The average Bonchev–Trinajstić information content (AvgIpc) is 2.35. The minimum absolute atomic E-state index is 0.315. The van der Waals surface area contributed by atoms with E-state index in [1.165, 1.54) is 0 Å². The minimum atomic E-state index is -0.447. The molecular formula is C13H22N2O. The number of benzene rings is 1. The van der Waals surface area contributed by atoms with Crippen molar-refractivity contribution in [2.24, 2.45) is 5.73 Å². The van der Waals surface area contributed by atoms with Gasteiger partial charge in [-0.1, -0.05) is 31.5 Å². The van der Waals surface area contributed by atoms with Crippen molar-refractivity contribution in [1.29, 1.82) is 0 Å². The molecule has 90 valence electrons. The standard InChI is InChI=1S/C13H22N2O/c1-2-3-9-15(11-13(16)10-14)12-7-5-4-6-8-12/h4-8,13,16H,2-3,9-11,14H2,1H3. The molecule has 1 aromatic rings. The number of hydrogen-bond acceptors (Lipinski definition) is 3. The maximum atomic E-state index is 9.62. The Morgan fingerprint density at radius 1 is 1.31 bits per heavy atom. The van der Waals surface area contributed by atoms with E-state index in [0.29, 0.717) is 13.1 Å². The van der Waals surface area contributed by atoms with Gasteiger partial charge in [-0.3, -0.25) is 0 Å². The summed E-state index contributed by atoms with van der Waals surface area (Å²) in [5.74, 6) is 0. The fourth-order valence-corrected chi connectivity index (χ4v) is 1.64. The van der Waals surface area contributed by atoms with E-state index in [-0.39, 0.29) is 0 Å². The third kappa shape index (κ3) is 4.21. The lowest BCUT2D eigenvalue weighted by Gasteiger charge is -2.26. The van der Waals surface area contributed by atoms with Gasteiger partial charge in [0.25, 0.3) is 0 Å². The lowest BCUT2D eigenvalue weighted by Crippen LogP contribution is -2.37. The van der Waals surface area contributed by atoms with Gasteiger partial charge in [-0.2, -0.15) is 0 Å². The Hall–Kier alpha value is -1.06. The van der Waals surface area contributed by atoms with Gasteiger partial charge in [0.2, 0.25) is 0 Å². The summed E-state index contributed by atoms with van der Waals surface area (Å²) in [6, 6.07) is 10.2. The number of nitrogens with zero attached hydrogens (tertiary/aromatic N) is 1. The summed E-state index contributed by atoms with van der Waals surface area (Å²) in [6.45, 7) is 4.07. The molecule has 0 aliphatic carbocycles. The number of hydrogen-bond donors (Lipinski definition) is 2. The Labute approximate surface area is 97.9 Å². The molecule has 0 radical (unpaired) electrons. The molecule has 0 bridgehead atoms. The van der Waals surface area contributed by atoms with E-state index in [1.807, 2.05) is 18.2 Å². The Balaban J connectivity index is 2.63. The molecule has 16 heavy (non-hydrogen) atoms. The summed E-state index contributed by atoms with van der Waals surface area (Å²) in [6.07, 6.45) is 1.84. The molecule has 3 heteroatoms. The summed E-state index contributed by atoms with van der Waals surface area (Å²) >= 11 is 0. The van der Waals surface area contributed by atoms with Crippen LogP contribution < -0.4 is 10.6 Å². The van der Waals surface area contributed by atoms with Crippen LogP contribution in [0, 0.1) is 0 Å². The van der Waals surface area contributed by atoms with Crippen LogP contribution in [0.1, 0.15) is 19.8 Å². The molecule has 0 aliphatic rings. The molecule has 0 aliphatic heterocycles. The zero-order valence-electron chi connectivity index (χ0n) is 9.97. The van der Waals surface area contributed by atoms with Gasteiger partial charge in [0.05, 0.1) is 6.10 Å². The van der Waals surface area contributed by atoms with Gasteiger partial charge in [0, 0.05) is 25.3 Å². The molecule has 0 saturated carbocycles. The van der Waals surface area contributed by atoms with E-state index in [0.717, 1.165) is 25.1 Å². The molecule has 0 spiro atoms. The molecule has 0 aromatic heterocycles. The quantitative estimate of drug-likeness (QED) is 0.737. The van der Waals surface area contributed by atoms with Crippen LogP contribution >= 0.6 is 0 Å². The fraction of sp³-hybridized carbons (Fsp3) is 0.538. The first kappa shape index (κ1) is 13.0. The van der Waals surface area contributed by atoms with Crippen LogP contribution in [0.2, 0.25) is 0 Å². The molecule has 3 N–H and O–H groups in total. The van der Waals surface area contributed by atoms with Gasteiger partial charge >= 0.3 is 0 Å². The van der Waals surface area contributed by atoms with E-state index < -0.39 is 6.10 Å². The van der Waals surface area contributed by atoms with E-state index in [4.69, 9.17) is 5.73 Å². The van der Waals surface area contributed by atoms with Crippen LogP contribution in [0.25, 0.3) is 0 Å².